The molecule has 0 fully saturated rings. The Labute approximate surface area is 128 Å². The number of H-pyrrole nitrogens is 1. The molecular weight excluding hydrogens is 368 g/mol. The van der Waals surface area contributed by atoms with Gasteiger partial charge in [-0.25, -0.2) is 4.98 Å². The van der Waals surface area contributed by atoms with Gasteiger partial charge in [-0.15, -0.1) is 0 Å². The molecule has 3 aromatic rings. The van der Waals surface area contributed by atoms with Crippen LogP contribution >= 0.6 is 31.9 Å². The Balaban J connectivity index is 1.97. The first-order valence-corrected chi connectivity index (χ1v) is 7.59. The van der Waals surface area contributed by atoms with Crippen molar-refractivity contribution in [3.05, 3.63) is 62.3 Å². The second-order valence-electron chi connectivity index (χ2n) is 4.61. The summed E-state index contributed by atoms with van der Waals surface area (Å²) in [5.41, 5.74) is 4.57. The van der Waals surface area contributed by atoms with E-state index in [4.69, 9.17) is 0 Å². The van der Waals surface area contributed by atoms with Crippen molar-refractivity contribution in [2.24, 2.45) is 0 Å². The van der Waals surface area contributed by atoms with E-state index in [2.05, 4.69) is 85.1 Å². The molecule has 0 unspecified atom stereocenters. The second kappa shape index (κ2) is 5.10. The smallest absolute Gasteiger partial charge is 0.111 e. The Bertz CT molecular complexity index is 730. The van der Waals surface area contributed by atoms with E-state index in [0.29, 0.717) is 0 Å². The number of benzene rings is 2. The summed E-state index contributed by atoms with van der Waals surface area (Å²) in [7, 11) is 0. The highest BCUT2D eigenvalue weighted by molar-refractivity contribution is 9.10. The normalized spacial score (nSPS) is 11.1. The number of hydrogen-bond acceptors (Lipinski definition) is 1. The van der Waals surface area contributed by atoms with Gasteiger partial charge in [0.25, 0.3) is 0 Å². The fraction of sp³-hybridized carbons (Fsp3) is 0.133. The van der Waals surface area contributed by atoms with E-state index in [9.17, 15) is 0 Å². The molecule has 0 aliphatic rings. The molecule has 96 valence electrons. The lowest BCUT2D eigenvalue weighted by molar-refractivity contribution is 1.04. The molecule has 1 N–H and O–H groups in total. The van der Waals surface area contributed by atoms with E-state index in [1.807, 2.05) is 0 Å². The summed E-state index contributed by atoms with van der Waals surface area (Å²) in [4.78, 5) is 8.07. The van der Waals surface area contributed by atoms with E-state index < -0.39 is 0 Å². The van der Waals surface area contributed by atoms with Crippen LogP contribution in [0.1, 0.15) is 17.0 Å². The van der Waals surface area contributed by atoms with Crippen LogP contribution in [-0.2, 0) is 6.42 Å². The van der Waals surface area contributed by atoms with E-state index >= 15 is 0 Å². The standard InChI is InChI=1S/C15H12Br2N2/c1-9-6-12(17)8-13-15(9)19-14(18-13)7-10-2-4-11(16)5-3-10/h2-6,8H,7H2,1H3,(H,18,19). The first-order valence-electron chi connectivity index (χ1n) is 6.01. The summed E-state index contributed by atoms with van der Waals surface area (Å²) in [5.74, 6) is 0.999. The highest BCUT2D eigenvalue weighted by Gasteiger charge is 2.07. The maximum absolute atomic E-state index is 4.68. The van der Waals surface area contributed by atoms with Gasteiger partial charge in [-0.05, 0) is 42.3 Å². The second-order valence-corrected chi connectivity index (χ2v) is 6.44. The Kier molecular flexibility index (Phi) is 3.46. The third-order valence-electron chi connectivity index (χ3n) is 3.08. The van der Waals surface area contributed by atoms with Crippen LogP contribution in [0.5, 0.6) is 0 Å². The molecule has 0 aliphatic heterocycles. The molecule has 3 rings (SSSR count). The van der Waals surface area contributed by atoms with Crippen molar-refractivity contribution in [2.75, 3.05) is 0 Å². The average molecular weight is 380 g/mol. The van der Waals surface area contributed by atoms with Crippen LogP contribution < -0.4 is 0 Å². The zero-order valence-electron chi connectivity index (χ0n) is 10.4. The molecule has 2 nitrogen and oxygen atoms in total. The molecule has 4 heteroatoms. The molecule has 0 bridgehead atoms. The molecule has 1 heterocycles. The van der Waals surface area contributed by atoms with Gasteiger partial charge >= 0.3 is 0 Å². The van der Waals surface area contributed by atoms with Crippen LogP contribution in [0.3, 0.4) is 0 Å². The molecule has 2 aromatic carbocycles. The van der Waals surface area contributed by atoms with Gasteiger partial charge in [-0.2, -0.15) is 0 Å². The van der Waals surface area contributed by atoms with Gasteiger partial charge in [0.2, 0.25) is 0 Å². The quantitative estimate of drug-likeness (QED) is 0.667. The van der Waals surface area contributed by atoms with Crippen LogP contribution in [0.2, 0.25) is 0 Å². The number of aryl methyl sites for hydroxylation is 1. The number of aromatic nitrogens is 2. The van der Waals surface area contributed by atoms with Crippen LogP contribution in [0.25, 0.3) is 11.0 Å². The van der Waals surface area contributed by atoms with Gasteiger partial charge in [0.1, 0.15) is 5.82 Å². The number of imidazole rings is 1. The van der Waals surface area contributed by atoms with Crippen molar-refractivity contribution in [3.8, 4) is 0 Å². The molecule has 0 amide bonds. The van der Waals surface area contributed by atoms with E-state index in [-0.39, 0.29) is 0 Å². The van der Waals surface area contributed by atoms with Crippen LogP contribution in [0, 0.1) is 6.92 Å². The topological polar surface area (TPSA) is 28.7 Å². The Morgan fingerprint density at radius 2 is 1.79 bits per heavy atom. The lowest BCUT2D eigenvalue weighted by atomic mass is 10.1. The van der Waals surface area contributed by atoms with E-state index in [1.54, 1.807) is 0 Å². The van der Waals surface area contributed by atoms with Crippen molar-refractivity contribution in [1.29, 1.82) is 0 Å². The Morgan fingerprint density at radius 1 is 1.05 bits per heavy atom. The zero-order valence-corrected chi connectivity index (χ0v) is 13.5. The molecule has 0 atom stereocenters. The minimum Gasteiger partial charge on any atom is -0.342 e. The third-order valence-corrected chi connectivity index (χ3v) is 4.06. The fourth-order valence-electron chi connectivity index (χ4n) is 2.18. The van der Waals surface area contributed by atoms with Gasteiger partial charge in [0.15, 0.2) is 0 Å². The Hall–Kier alpha value is -1.13. The number of hydrogen-bond donors (Lipinski definition) is 1. The first-order chi connectivity index (χ1) is 9.11. The summed E-state index contributed by atoms with van der Waals surface area (Å²) < 4.78 is 2.18. The molecule has 0 aliphatic carbocycles. The zero-order chi connectivity index (χ0) is 13.4. The van der Waals surface area contributed by atoms with Crippen molar-refractivity contribution < 1.29 is 0 Å². The van der Waals surface area contributed by atoms with Crippen LogP contribution in [0.4, 0.5) is 0 Å². The van der Waals surface area contributed by atoms with Crippen molar-refractivity contribution in [1.82, 2.24) is 9.97 Å². The minimum atomic E-state index is 0.818. The lowest BCUT2D eigenvalue weighted by Gasteiger charge is -1.98. The first kappa shape index (κ1) is 12.9. The number of aromatic amines is 1. The molecule has 1 aromatic heterocycles. The summed E-state index contributed by atoms with van der Waals surface area (Å²) in [6, 6.07) is 12.5. The summed E-state index contributed by atoms with van der Waals surface area (Å²) in [5, 5.41) is 0. The maximum Gasteiger partial charge on any atom is 0.111 e. The van der Waals surface area contributed by atoms with Crippen molar-refractivity contribution >= 4 is 42.9 Å². The van der Waals surface area contributed by atoms with E-state index in [1.165, 1.54) is 11.1 Å². The predicted octanol–water partition coefficient (Wildman–Crippen LogP) is 4.99. The Morgan fingerprint density at radius 3 is 2.53 bits per heavy atom. The average Bonchev–Trinajstić information content (AvgIpc) is 2.75. The maximum atomic E-state index is 4.68. The van der Waals surface area contributed by atoms with E-state index in [0.717, 1.165) is 32.2 Å². The van der Waals surface area contributed by atoms with Gasteiger partial charge in [-0.1, -0.05) is 44.0 Å². The molecule has 0 spiro atoms. The van der Waals surface area contributed by atoms with Crippen molar-refractivity contribution in [2.45, 2.75) is 13.3 Å². The summed E-state index contributed by atoms with van der Waals surface area (Å²) in [6.07, 6.45) is 0.818. The molecule has 0 radical (unpaired) electrons. The number of nitrogens with zero attached hydrogens (tertiary/aromatic N) is 1. The van der Waals surface area contributed by atoms with Crippen molar-refractivity contribution in [3.63, 3.8) is 0 Å². The van der Waals surface area contributed by atoms with Crippen LogP contribution in [-0.4, -0.2) is 9.97 Å². The van der Waals surface area contributed by atoms with Gasteiger partial charge in [0, 0.05) is 15.4 Å². The highest BCUT2D eigenvalue weighted by atomic mass is 79.9. The number of nitrogens with one attached hydrogen (secondary N) is 1. The molecular formula is C15H12Br2N2. The third kappa shape index (κ3) is 2.74. The van der Waals surface area contributed by atoms with Crippen LogP contribution in [0.15, 0.2) is 45.3 Å². The predicted molar refractivity (Wildman–Crippen MR) is 85.5 cm³/mol. The van der Waals surface area contributed by atoms with Gasteiger partial charge < -0.3 is 4.98 Å². The van der Waals surface area contributed by atoms with Gasteiger partial charge in [-0.3, -0.25) is 0 Å². The SMILES string of the molecule is Cc1cc(Br)cc2[nH]c(Cc3ccc(Br)cc3)nc12. The largest absolute Gasteiger partial charge is 0.342 e. The highest BCUT2D eigenvalue weighted by Crippen LogP contribution is 2.23. The summed E-state index contributed by atoms with van der Waals surface area (Å²) in [6.45, 7) is 2.08. The molecule has 0 saturated carbocycles. The number of halogens is 2. The minimum absolute atomic E-state index is 0.818. The lowest BCUT2D eigenvalue weighted by Crippen LogP contribution is -1.90. The molecule has 0 saturated heterocycles. The monoisotopic (exact) mass is 378 g/mol. The summed E-state index contributed by atoms with van der Waals surface area (Å²) >= 11 is 6.96. The number of rotatable bonds is 2. The van der Waals surface area contributed by atoms with Gasteiger partial charge in [0.05, 0.1) is 11.0 Å². The number of fused-ring (bicyclic) bond motifs is 1. The molecule has 19 heavy (non-hydrogen) atoms. The fourth-order valence-corrected chi connectivity index (χ4v) is 3.01.